The Morgan fingerprint density at radius 2 is 2.12 bits per heavy atom. The lowest BCUT2D eigenvalue weighted by molar-refractivity contribution is 0.490. The molecule has 0 bridgehead atoms. The van der Waals surface area contributed by atoms with Gasteiger partial charge in [-0.25, -0.2) is 13.1 Å². The number of hydrogen-bond acceptors (Lipinski definition) is 4. The zero-order valence-electron chi connectivity index (χ0n) is 9.44. The molecule has 0 atom stereocenters. The lowest BCUT2D eigenvalue weighted by Crippen LogP contribution is -2.42. The summed E-state index contributed by atoms with van der Waals surface area (Å²) in [7, 11) is -3.10. The third kappa shape index (κ3) is 4.86. The Morgan fingerprint density at radius 1 is 1.44 bits per heavy atom. The minimum Gasteiger partial charge on any atom is -0.317 e. The summed E-state index contributed by atoms with van der Waals surface area (Å²) in [5, 5.41) is 2.95. The Bertz CT molecular complexity index is 298. The van der Waals surface area contributed by atoms with Crippen LogP contribution in [0.2, 0.25) is 0 Å². The monoisotopic (exact) mass is 264 g/mol. The van der Waals surface area contributed by atoms with Crippen LogP contribution in [-0.2, 0) is 10.0 Å². The first-order chi connectivity index (χ1) is 7.67. The van der Waals surface area contributed by atoms with Crippen LogP contribution in [0.15, 0.2) is 12.7 Å². The predicted molar refractivity (Wildman–Crippen MR) is 70.3 cm³/mol. The van der Waals surface area contributed by atoms with Crippen molar-refractivity contribution < 1.29 is 8.42 Å². The van der Waals surface area contributed by atoms with E-state index in [1.54, 1.807) is 11.8 Å². The summed E-state index contributed by atoms with van der Waals surface area (Å²) >= 11 is 1.68. The van der Waals surface area contributed by atoms with Crippen LogP contribution in [0.3, 0.4) is 0 Å². The molecule has 2 N–H and O–H groups in total. The number of piperidine rings is 1. The maximum Gasteiger partial charge on any atom is 0.214 e. The van der Waals surface area contributed by atoms with Gasteiger partial charge in [0.2, 0.25) is 10.0 Å². The molecular weight excluding hydrogens is 244 g/mol. The van der Waals surface area contributed by atoms with Crippen LogP contribution in [-0.4, -0.2) is 44.8 Å². The van der Waals surface area contributed by atoms with E-state index < -0.39 is 10.0 Å². The summed E-state index contributed by atoms with van der Waals surface area (Å²) in [6.45, 7) is 5.74. The molecule has 1 aliphatic heterocycles. The maximum atomic E-state index is 11.8. The average Bonchev–Trinajstić information content (AvgIpc) is 2.30. The first-order valence-electron chi connectivity index (χ1n) is 5.54. The molecule has 0 aromatic rings. The van der Waals surface area contributed by atoms with Crippen LogP contribution < -0.4 is 10.0 Å². The van der Waals surface area contributed by atoms with E-state index in [1.807, 2.05) is 6.08 Å². The molecule has 1 fully saturated rings. The van der Waals surface area contributed by atoms with Gasteiger partial charge in [0.15, 0.2) is 0 Å². The second-order valence-corrected chi connectivity index (χ2v) is 6.95. The van der Waals surface area contributed by atoms with E-state index in [-0.39, 0.29) is 5.25 Å². The highest BCUT2D eigenvalue weighted by molar-refractivity contribution is 7.99. The zero-order valence-corrected chi connectivity index (χ0v) is 11.1. The van der Waals surface area contributed by atoms with Crippen LogP contribution in [0.1, 0.15) is 12.8 Å². The molecule has 6 heteroatoms. The van der Waals surface area contributed by atoms with Gasteiger partial charge in [0.25, 0.3) is 0 Å². The van der Waals surface area contributed by atoms with Crippen LogP contribution in [0.25, 0.3) is 0 Å². The molecule has 0 aliphatic carbocycles. The second-order valence-electron chi connectivity index (χ2n) is 3.75. The fraction of sp³-hybridized carbons (Fsp3) is 0.800. The normalized spacial score (nSPS) is 18.5. The average molecular weight is 264 g/mol. The number of nitrogens with one attached hydrogen (secondary N) is 2. The van der Waals surface area contributed by atoms with Crippen molar-refractivity contribution in [3.05, 3.63) is 12.7 Å². The van der Waals surface area contributed by atoms with Crippen molar-refractivity contribution in [3.63, 3.8) is 0 Å². The zero-order chi connectivity index (χ0) is 11.9. The third-order valence-electron chi connectivity index (χ3n) is 2.51. The summed E-state index contributed by atoms with van der Waals surface area (Å²) in [5.41, 5.74) is 0. The van der Waals surface area contributed by atoms with E-state index in [4.69, 9.17) is 0 Å². The van der Waals surface area contributed by atoms with Crippen molar-refractivity contribution in [2.24, 2.45) is 0 Å². The summed E-state index contributed by atoms with van der Waals surface area (Å²) in [6, 6.07) is 0. The Kier molecular flexibility index (Phi) is 6.41. The minimum absolute atomic E-state index is 0.210. The van der Waals surface area contributed by atoms with Crippen LogP contribution in [0.4, 0.5) is 0 Å². The van der Waals surface area contributed by atoms with Crippen molar-refractivity contribution in [2.45, 2.75) is 18.1 Å². The van der Waals surface area contributed by atoms with Gasteiger partial charge in [0, 0.05) is 18.1 Å². The molecule has 1 aliphatic rings. The van der Waals surface area contributed by atoms with Gasteiger partial charge in [0.1, 0.15) is 0 Å². The Morgan fingerprint density at radius 3 is 2.75 bits per heavy atom. The highest BCUT2D eigenvalue weighted by atomic mass is 32.2. The summed E-state index contributed by atoms with van der Waals surface area (Å²) < 4.78 is 26.4. The fourth-order valence-electron chi connectivity index (χ4n) is 1.65. The summed E-state index contributed by atoms with van der Waals surface area (Å²) in [6.07, 6.45) is 3.26. The standard InChI is InChI=1S/C10H20N2O2S2/c1-2-8-15-9-7-12-16(13,14)10-3-5-11-6-4-10/h2,10-12H,1,3-9H2. The van der Waals surface area contributed by atoms with Crippen molar-refractivity contribution in [3.8, 4) is 0 Å². The van der Waals surface area contributed by atoms with Gasteiger partial charge in [-0.05, 0) is 25.9 Å². The first kappa shape index (κ1) is 14.0. The van der Waals surface area contributed by atoms with Crippen LogP contribution in [0.5, 0.6) is 0 Å². The van der Waals surface area contributed by atoms with Gasteiger partial charge in [-0.3, -0.25) is 0 Å². The molecule has 0 spiro atoms. The maximum absolute atomic E-state index is 11.8. The second kappa shape index (κ2) is 7.32. The molecule has 0 aromatic heterocycles. The molecular formula is C10H20N2O2S2. The van der Waals surface area contributed by atoms with Crippen LogP contribution >= 0.6 is 11.8 Å². The summed E-state index contributed by atoms with van der Waals surface area (Å²) in [5.74, 6) is 1.67. The molecule has 0 radical (unpaired) electrons. The van der Waals surface area contributed by atoms with Crippen molar-refractivity contribution in [1.82, 2.24) is 10.0 Å². The van der Waals surface area contributed by atoms with Gasteiger partial charge in [-0.15, -0.1) is 6.58 Å². The van der Waals surface area contributed by atoms with Gasteiger partial charge in [-0.1, -0.05) is 6.08 Å². The van der Waals surface area contributed by atoms with E-state index in [0.717, 1.165) is 37.4 Å². The SMILES string of the molecule is C=CCSCCNS(=O)(=O)C1CCNCC1. The smallest absolute Gasteiger partial charge is 0.214 e. The molecule has 1 heterocycles. The van der Waals surface area contributed by atoms with Gasteiger partial charge in [0.05, 0.1) is 5.25 Å². The Balaban J connectivity index is 2.25. The van der Waals surface area contributed by atoms with E-state index in [0.29, 0.717) is 6.54 Å². The van der Waals surface area contributed by atoms with Crippen molar-refractivity contribution in [2.75, 3.05) is 31.1 Å². The highest BCUT2D eigenvalue weighted by Gasteiger charge is 2.26. The van der Waals surface area contributed by atoms with Crippen molar-refractivity contribution in [1.29, 1.82) is 0 Å². The molecule has 1 saturated heterocycles. The predicted octanol–water partition coefficient (Wildman–Crippen LogP) is 0.577. The summed E-state index contributed by atoms with van der Waals surface area (Å²) in [4.78, 5) is 0. The largest absolute Gasteiger partial charge is 0.317 e. The fourth-order valence-corrected chi connectivity index (χ4v) is 3.83. The van der Waals surface area contributed by atoms with E-state index in [1.165, 1.54) is 0 Å². The molecule has 0 aromatic carbocycles. The minimum atomic E-state index is -3.10. The Hall–Kier alpha value is -0.0400. The highest BCUT2D eigenvalue weighted by Crippen LogP contribution is 2.11. The molecule has 4 nitrogen and oxygen atoms in total. The van der Waals surface area contributed by atoms with E-state index in [2.05, 4.69) is 16.6 Å². The molecule has 1 rings (SSSR count). The quantitative estimate of drug-likeness (QED) is 0.521. The number of sulfonamides is 1. The van der Waals surface area contributed by atoms with Crippen molar-refractivity contribution >= 4 is 21.8 Å². The van der Waals surface area contributed by atoms with Gasteiger partial charge in [-0.2, -0.15) is 11.8 Å². The number of rotatable bonds is 7. The molecule has 0 amide bonds. The lowest BCUT2D eigenvalue weighted by atomic mass is 10.2. The number of thioether (sulfide) groups is 1. The Labute approximate surface area is 102 Å². The third-order valence-corrected chi connectivity index (χ3v) is 5.43. The first-order valence-corrected chi connectivity index (χ1v) is 8.25. The van der Waals surface area contributed by atoms with Gasteiger partial charge < -0.3 is 5.32 Å². The van der Waals surface area contributed by atoms with E-state index in [9.17, 15) is 8.42 Å². The number of hydrogen-bond donors (Lipinski definition) is 2. The molecule has 16 heavy (non-hydrogen) atoms. The molecule has 0 saturated carbocycles. The van der Waals surface area contributed by atoms with E-state index >= 15 is 0 Å². The van der Waals surface area contributed by atoms with Crippen LogP contribution in [0, 0.1) is 0 Å². The van der Waals surface area contributed by atoms with Gasteiger partial charge >= 0.3 is 0 Å². The lowest BCUT2D eigenvalue weighted by Gasteiger charge is -2.22. The molecule has 94 valence electrons. The molecule has 0 unspecified atom stereocenters. The topological polar surface area (TPSA) is 58.2 Å².